The van der Waals surface area contributed by atoms with Gasteiger partial charge in [0.25, 0.3) is 5.91 Å². The van der Waals surface area contributed by atoms with Gasteiger partial charge < -0.3 is 15.2 Å². The summed E-state index contributed by atoms with van der Waals surface area (Å²) in [6, 6.07) is 5.54. The van der Waals surface area contributed by atoms with Crippen molar-refractivity contribution in [3.63, 3.8) is 0 Å². The quantitative estimate of drug-likeness (QED) is 0.813. The highest BCUT2D eigenvalue weighted by Crippen LogP contribution is 2.19. The molecule has 2 atom stereocenters. The van der Waals surface area contributed by atoms with E-state index in [0.29, 0.717) is 18.7 Å². The molecule has 4 nitrogen and oxygen atoms in total. The second kappa shape index (κ2) is 7.41. The molecule has 0 saturated carbocycles. The molecule has 0 spiro atoms. The van der Waals surface area contributed by atoms with Crippen molar-refractivity contribution in [2.45, 2.75) is 45.8 Å². The fraction of sp³-hybridized carbons (Fsp3) is 0.562. The van der Waals surface area contributed by atoms with Crippen molar-refractivity contribution in [1.29, 1.82) is 0 Å². The zero-order chi connectivity index (χ0) is 16.0. The van der Waals surface area contributed by atoms with Crippen LogP contribution in [0, 0.1) is 11.7 Å². The summed E-state index contributed by atoms with van der Waals surface area (Å²) in [5.74, 6) is 0.0185. The van der Waals surface area contributed by atoms with Crippen LogP contribution in [0.3, 0.4) is 0 Å². The minimum atomic E-state index is -1.05. The largest absolute Gasteiger partial charge is 0.478 e. The lowest BCUT2D eigenvalue weighted by Gasteiger charge is -2.26. The van der Waals surface area contributed by atoms with Gasteiger partial charge >= 0.3 is 0 Å². The van der Waals surface area contributed by atoms with Gasteiger partial charge in [0.05, 0.1) is 6.10 Å². The van der Waals surface area contributed by atoms with Crippen LogP contribution in [0.2, 0.25) is 0 Å². The maximum absolute atomic E-state index is 12.8. The molecule has 0 saturated heterocycles. The molecule has 5 heteroatoms. The van der Waals surface area contributed by atoms with E-state index in [1.807, 2.05) is 6.92 Å². The number of hydrogen-bond donors (Lipinski definition) is 2. The highest BCUT2D eigenvalue weighted by atomic mass is 19.1. The number of carbonyl (C=O) groups excluding carboxylic acids is 1. The van der Waals surface area contributed by atoms with Crippen LogP contribution in [0.4, 0.5) is 4.39 Å². The van der Waals surface area contributed by atoms with Gasteiger partial charge in [-0.15, -0.1) is 0 Å². The highest BCUT2D eigenvalue weighted by Gasteiger charge is 2.30. The summed E-state index contributed by atoms with van der Waals surface area (Å²) in [6.45, 7) is 7.47. The van der Waals surface area contributed by atoms with Gasteiger partial charge in [0, 0.05) is 6.54 Å². The van der Waals surface area contributed by atoms with Crippen molar-refractivity contribution < 1.29 is 19.0 Å². The molecule has 0 bridgehead atoms. The maximum atomic E-state index is 12.8. The summed E-state index contributed by atoms with van der Waals surface area (Å²) < 4.78 is 18.4. The standard InChI is InChI=1S/C16H24FNO3/c1-11(9-12(2)19)10-18-15(20)16(3,4)21-14-7-5-13(17)6-8-14/h5-8,11-12,19H,9-10H2,1-4H3,(H,18,20). The number of nitrogens with one attached hydrogen (secondary N) is 1. The molecule has 0 aromatic heterocycles. The topological polar surface area (TPSA) is 58.6 Å². The maximum Gasteiger partial charge on any atom is 0.263 e. The van der Waals surface area contributed by atoms with Gasteiger partial charge in [-0.25, -0.2) is 4.39 Å². The first-order chi connectivity index (χ1) is 9.70. The fourth-order valence-electron chi connectivity index (χ4n) is 1.99. The molecule has 2 unspecified atom stereocenters. The molecule has 0 fully saturated rings. The van der Waals surface area contributed by atoms with Gasteiger partial charge in [-0.05, 0) is 57.4 Å². The Morgan fingerprint density at radius 2 is 1.90 bits per heavy atom. The Hall–Kier alpha value is -1.62. The lowest BCUT2D eigenvalue weighted by atomic mass is 10.0. The van der Waals surface area contributed by atoms with Crippen LogP contribution in [0.1, 0.15) is 34.1 Å². The van der Waals surface area contributed by atoms with Crippen molar-refractivity contribution in [2.75, 3.05) is 6.54 Å². The molecule has 0 aliphatic heterocycles. The molecular weight excluding hydrogens is 273 g/mol. The van der Waals surface area contributed by atoms with Crippen LogP contribution in [-0.2, 0) is 4.79 Å². The van der Waals surface area contributed by atoms with Crippen molar-refractivity contribution in [1.82, 2.24) is 5.32 Å². The second-order valence-electron chi connectivity index (χ2n) is 5.97. The molecule has 0 aliphatic carbocycles. The van der Waals surface area contributed by atoms with Crippen LogP contribution < -0.4 is 10.1 Å². The minimum absolute atomic E-state index is 0.176. The summed E-state index contributed by atoms with van der Waals surface area (Å²) in [6.07, 6.45) is 0.236. The first-order valence-corrected chi connectivity index (χ1v) is 7.11. The molecule has 1 aromatic carbocycles. The predicted octanol–water partition coefficient (Wildman–Crippen LogP) is 2.51. The van der Waals surface area contributed by atoms with Crippen molar-refractivity contribution in [2.24, 2.45) is 5.92 Å². The number of benzene rings is 1. The van der Waals surface area contributed by atoms with E-state index in [0.717, 1.165) is 0 Å². The van der Waals surface area contributed by atoms with Crippen molar-refractivity contribution in [3.8, 4) is 5.75 Å². The van der Waals surface area contributed by atoms with Gasteiger partial charge in [-0.2, -0.15) is 0 Å². The molecule has 0 heterocycles. The Kier molecular flexibility index (Phi) is 6.15. The number of hydrogen-bond acceptors (Lipinski definition) is 3. The van der Waals surface area contributed by atoms with E-state index < -0.39 is 5.60 Å². The van der Waals surface area contributed by atoms with E-state index in [1.165, 1.54) is 24.3 Å². The molecule has 2 N–H and O–H groups in total. The molecule has 118 valence electrons. The van der Waals surface area contributed by atoms with Crippen LogP contribution >= 0.6 is 0 Å². The molecule has 0 radical (unpaired) electrons. The first-order valence-electron chi connectivity index (χ1n) is 7.11. The zero-order valence-electron chi connectivity index (χ0n) is 13.0. The van der Waals surface area contributed by atoms with Gasteiger partial charge in [0.15, 0.2) is 5.60 Å². The average molecular weight is 297 g/mol. The normalized spacial score (nSPS) is 14.4. The van der Waals surface area contributed by atoms with E-state index in [9.17, 15) is 14.3 Å². The number of aliphatic hydroxyl groups is 1. The number of ether oxygens (including phenoxy) is 1. The zero-order valence-corrected chi connectivity index (χ0v) is 13.0. The van der Waals surface area contributed by atoms with Crippen molar-refractivity contribution in [3.05, 3.63) is 30.1 Å². The number of aliphatic hydroxyl groups excluding tert-OH is 1. The molecular formula is C16H24FNO3. The number of carbonyl (C=O) groups is 1. The Labute approximate surface area is 125 Å². The summed E-state index contributed by atoms with van der Waals surface area (Å²) in [5, 5.41) is 12.1. The van der Waals surface area contributed by atoms with Gasteiger partial charge in [-0.1, -0.05) is 6.92 Å². The van der Waals surface area contributed by atoms with E-state index in [4.69, 9.17) is 4.74 Å². The molecule has 1 rings (SSSR count). The number of rotatable bonds is 7. The third-order valence-corrected chi connectivity index (χ3v) is 3.09. The monoisotopic (exact) mass is 297 g/mol. The third kappa shape index (κ3) is 6.12. The fourth-order valence-corrected chi connectivity index (χ4v) is 1.99. The predicted molar refractivity (Wildman–Crippen MR) is 79.6 cm³/mol. The SMILES string of the molecule is CC(O)CC(C)CNC(=O)C(C)(C)Oc1ccc(F)cc1. The molecule has 1 aromatic rings. The van der Waals surface area contributed by atoms with E-state index in [-0.39, 0.29) is 23.7 Å². The Morgan fingerprint density at radius 1 is 1.33 bits per heavy atom. The summed E-state index contributed by atoms with van der Waals surface area (Å²) in [4.78, 5) is 12.2. The van der Waals surface area contributed by atoms with Crippen LogP contribution in [0.25, 0.3) is 0 Å². The number of halogens is 1. The van der Waals surface area contributed by atoms with Crippen LogP contribution in [0.15, 0.2) is 24.3 Å². The Balaban J connectivity index is 2.52. The van der Waals surface area contributed by atoms with E-state index in [2.05, 4.69) is 5.32 Å². The van der Waals surface area contributed by atoms with Gasteiger partial charge in [-0.3, -0.25) is 4.79 Å². The molecule has 0 aliphatic rings. The van der Waals surface area contributed by atoms with Crippen molar-refractivity contribution >= 4 is 5.91 Å². The van der Waals surface area contributed by atoms with Gasteiger partial charge in [0.1, 0.15) is 11.6 Å². The lowest BCUT2D eigenvalue weighted by molar-refractivity contribution is -0.134. The molecule has 21 heavy (non-hydrogen) atoms. The Bertz CT molecular complexity index is 457. The van der Waals surface area contributed by atoms with E-state index in [1.54, 1.807) is 20.8 Å². The summed E-state index contributed by atoms with van der Waals surface area (Å²) in [7, 11) is 0. The minimum Gasteiger partial charge on any atom is -0.478 e. The highest BCUT2D eigenvalue weighted by molar-refractivity contribution is 5.84. The molecule has 1 amide bonds. The first kappa shape index (κ1) is 17.4. The third-order valence-electron chi connectivity index (χ3n) is 3.09. The average Bonchev–Trinajstić information content (AvgIpc) is 2.37. The van der Waals surface area contributed by atoms with Crippen LogP contribution in [-0.4, -0.2) is 29.3 Å². The lowest BCUT2D eigenvalue weighted by Crippen LogP contribution is -2.47. The van der Waals surface area contributed by atoms with E-state index >= 15 is 0 Å². The summed E-state index contributed by atoms with van der Waals surface area (Å²) >= 11 is 0. The Morgan fingerprint density at radius 3 is 2.43 bits per heavy atom. The number of amides is 1. The second-order valence-corrected chi connectivity index (χ2v) is 5.97. The summed E-state index contributed by atoms with van der Waals surface area (Å²) in [5.41, 5.74) is -1.05. The van der Waals surface area contributed by atoms with Crippen LogP contribution in [0.5, 0.6) is 5.75 Å². The van der Waals surface area contributed by atoms with Gasteiger partial charge in [0.2, 0.25) is 0 Å². The smallest absolute Gasteiger partial charge is 0.263 e.